The molecule has 0 aromatic heterocycles. The van der Waals surface area contributed by atoms with Gasteiger partial charge >= 0.3 is 0 Å². The first kappa shape index (κ1) is 18.2. The summed E-state index contributed by atoms with van der Waals surface area (Å²) in [6.45, 7) is 4.47. The van der Waals surface area contributed by atoms with Gasteiger partial charge in [0.05, 0.1) is 0 Å². The van der Waals surface area contributed by atoms with E-state index >= 15 is 0 Å². The van der Waals surface area contributed by atoms with Gasteiger partial charge in [-0.2, -0.15) is 0 Å². The number of aryl methyl sites for hydroxylation is 1. The van der Waals surface area contributed by atoms with Crippen LogP contribution in [0.15, 0.2) is 24.3 Å². The number of unbranched alkanes of at least 4 members (excludes halogenated alkanes) is 2. The first-order chi connectivity index (χ1) is 11.2. The third kappa shape index (κ3) is 6.12. The molecule has 0 bridgehead atoms. The highest BCUT2D eigenvalue weighted by Gasteiger charge is 2.25. The molecule has 128 valence electrons. The van der Waals surface area contributed by atoms with E-state index in [9.17, 15) is 4.79 Å². The molecular weight excluding hydrogens is 280 g/mol. The zero-order valence-electron chi connectivity index (χ0n) is 15.2. The standard InChI is InChI=1S/C22H34O/c1-3-5-6-8-19-13-15-21(16-14-19)22(23)17-20-11-9-18(7-4-2)10-12-20/h9-12,19,21H,3-8,13-17H2,1-2H3. The molecule has 0 aliphatic heterocycles. The number of rotatable bonds is 9. The van der Waals surface area contributed by atoms with Crippen molar-refractivity contribution in [1.82, 2.24) is 0 Å². The Balaban J connectivity index is 1.74. The van der Waals surface area contributed by atoms with Crippen LogP contribution in [0.1, 0.15) is 82.8 Å². The Labute approximate surface area is 142 Å². The maximum Gasteiger partial charge on any atom is 0.140 e. The summed E-state index contributed by atoms with van der Waals surface area (Å²) in [5.41, 5.74) is 2.58. The maximum absolute atomic E-state index is 12.5. The summed E-state index contributed by atoms with van der Waals surface area (Å²) < 4.78 is 0. The van der Waals surface area contributed by atoms with Gasteiger partial charge < -0.3 is 0 Å². The fourth-order valence-electron chi connectivity index (χ4n) is 3.91. The van der Waals surface area contributed by atoms with Crippen LogP contribution in [0.2, 0.25) is 0 Å². The van der Waals surface area contributed by atoms with E-state index in [4.69, 9.17) is 0 Å². The molecule has 0 atom stereocenters. The smallest absolute Gasteiger partial charge is 0.140 e. The van der Waals surface area contributed by atoms with Crippen molar-refractivity contribution in [3.05, 3.63) is 35.4 Å². The summed E-state index contributed by atoms with van der Waals surface area (Å²) in [5.74, 6) is 1.69. The predicted octanol–water partition coefficient (Wildman–Crippen LogP) is 6.14. The van der Waals surface area contributed by atoms with Gasteiger partial charge in [0.25, 0.3) is 0 Å². The summed E-state index contributed by atoms with van der Waals surface area (Å²) >= 11 is 0. The van der Waals surface area contributed by atoms with E-state index in [0.29, 0.717) is 18.1 Å². The van der Waals surface area contributed by atoms with Gasteiger partial charge in [0.15, 0.2) is 0 Å². The van der Waals surface area contributed by atoms with Gasteiger partial charge in [0.1, 0.15) is 5.78 Å². The van der Waals surface area contributed by atoms with Gasteiger partial charge in [0.2, 0.25) is 0 Å². The number of hydrogen-bond donors (Lipinski definition) is 0. The van der Waals surface area contributed by atoms with Gasteiger partial charge in [-0.1, -0.05) is 70.2 Å². The van der Waals surface area contributed by atoms with E-state index < -0.39 is 0 Å². The molecule has 1 aliphatic rings. The molecule has 0 N–H and O–H groups in total. The van der Waals surface area contributed by atoms with E-state index in [1.165, 1.54) is 56.1 Å². The summed E-state index contributed by atoms with van der Waals surface area (Å²) in [7, 11) is 0. The number of hydrogen-bond acceptors (Lipinski definition) is 1. The Bertz CT molecular complexity index is 451. The van der Waals surface area contributed by atoms with E-state index in [1.807, 2.05) is 0 Å². The third-order valence-electron chi connectivity index (χ3n) is 5.46. The van der Waals surface area contributed by atoms with Gasteiger partial charge in [-0.25, -0.2) is 0 Å². The Hall–Kier alpha value is -1.11. The van der Waals surface area contributed by atoms with Crippen molar-refractivity contribution in [2.24, 2.45) is 11.8 Å². The van der Waals surface area contributed by atoms with Crippen LogP contribution in [0.4, 0.5) is 0 Å². The Morgan fingerprint density at radius 1 is 0.913 bits per heavy atom. The second-order valence-corrected chi connectivity index (χ2v) is 7.42. The molecule has 1 nitrogen and oxygen atoms in total. The topological polar surface area (TPSA) is 17.1 Å². The van der Waals surface area contributed by atoms with Crippen molar-refractivity contribution in [3.8, 4) is 0 Å². The summed E-state index contributed by atoms with van der Waals surface area (Å²) in [6.07, 6.45) is 13.2. The number of carbonyl (C=O) groups excluding carboxylic acids is 1. The van der Waals surface area contributed by atoms with Crippen LogP contribution >= 0.6 is 0 Å². The minimum Gasteiger partial charge on any atom is -0.299 e. The van der Waals surface area contributed by atoms with Crippen LogP contribution in [-0.4, -0.2) is 5.78 Å². The Morgan fingerprint density at radius 3 is 2.17 bits per heavy atom. The van der Waals surface area contributed by atoms with Gasteiger partial charge in [-0.3, -0.25) is 4.79 Å². The molecule has 0 spiro atoms. The van der Waals surface area contributed by atoms with Crippen molar-refractivity contribution in [2.45, 2.75) is 84.5 Å². The molecule has 0 radical (unpaired) electrons. The highest BCUT2D eigenvalue weighted by Crippen LogP contribution is 2.33. The number of ketones is 1. The van der Waals surface area contributed by atoms with Crippen molar-refractivity contribution < 1.29 is 4.79 Å². The molecule has 0 amide bonds. The van der Waals surface area contributed by atoms with Crippen molar-refractivity contribution >= 4 is 5.78 Å². The first-order valence-electron chi connectivity index (χ1n) is 9.83. The Morgan fingerprint density at radius 2 is 1.57 bits per heavy atom. The lowest BCUT2D eigenvalue weighted by atomic mass is 9.77. The summed E-state index contributed by atoms with van der Waals surface area (Å²) in [6, 6.07) is 8.69. The van der Waals surface area contributed by atoms with Crippen LogP contribution in [-0.2, 0) is 17.6 Å². The van der Waals surface area contributed by atoms with Crippen molar-refractivity contribution in [1.29, 1.82) is 0 Å². The molecule has 0 saturated heterocycles. The number of carbonyl (C=O) groups is 1. The van der Waals surface area contributed by atoms with Crippen LogP contribution in [0, 0.1) is 11.8 Å². The van der Waals surface area contributed by atoms with Crippen LogP contribution < -0.4 is 0 Å². The Kier molecular flexibility index (Phi) is 7.85. The van der Waals surface area contributed by atoms with Crippen molar-refractivity contribution in [3.63, 3.8) is 0 Å². The minimum atomic E-state index is 0.327. The van der Waals surface area contributed by atoms with Crippen LogP contribution in [0.5, 0.6) is 0 Å². The number of Topliss-reactive ketones (excluding diaryl/α,β-unsaturated/α-hetero) is 1. The molecule has 1 saturated carbocycles. The monoisotopic (exact) mass is 314 g/mol. The molecule has 23 heavy (non-hydrogen) atoms. The maximum atomic E-state index is 12.5. The minimum absolute atomic E-state index is 0.327. The van der Waals surface area contributed by atoms with Gasteiger partial charge in [-0.15, -0.1) is 0 Å². The first-order valence-corrected chi connectivity index (χ1v) is 9.83. The SMILES string of the molecule is CCCCCC1CCC(C(=O)Cc2ccc(CCC)cc2)CC1. The van der Waals surface area contributed by atoms with E-state index in [0.717, 1.165) is 25.2 Å². The molecule has 0 unspecified atom stereocenters. The van der Waals surface area contributed by atoms with Gasteiger partial charge in [0, 0.05) is 12.3 Å². The molecule has 1 heteroatoms. The quantitative estimate of drug-likeness (QED) is 0.500. The average Bonchev–Trinajstić information content (AvgIpc) is 2.58. The number of benzene rings is 1. The second-order valence-electron chi connectivity index (χ2n) is 7.42. The largest absolute Gasteiger partial charge is 0.299 e. The zero-order chi connectivity index (χ0) is 16.5. The summed E-state index contributed by atoms with van der Waals surface area (Å²) in [4.78, 5) is 12.5. The molecule has 1 fully saturated rings. The average molecular weight is 315 g/mol. The molecule has 1 aromatic rings. The lowest BCUT2D eigenvalue weighted by Crippen LogP contribution is -2.23. The van der Waals surface area contributed by atoms with Gasteiger partial charge in [-0.05, 0) is 49.1 Å². The molecule has 1 aromatic carbocycles. The van der Waals surface area contributed by atoms with Crippen LogP contribution in [0.3, 0.4) is 0 Å². The molecule has 0 heterocycles. The normalized spacial score (nSPS) is 21.3. The lowest BCUT2D eigenvalue weighted by Gasteiger charge is -2.27. The second kappa shape index (κ2) is 9.90. The molecular formula is C22H34O. The molecule has 1 aliphatic carbocycles. The molecule has 2 rings (SSSR count). The summed E-state index contributed by atoms with van der Waals surface area (Å²) in [5, 5.41) is 0. The highest BCUT2D eigenvalue weighted by atomic mass is 16.1. The van der Waals surface area contributed by atoms with E-state index in [2.05, 4.69) is 38.1 Å². The third-order valence-corrected chi connectivity index (χ3v) is 5.46. The van der Waals surface area contributed by atoms with E-state index in [1.54, 1.807) is 0 Å². The lowest BCUT2D eigenvalue weighted by molar-refractivity contribution is -0.123. The van der Waals surface area contributed by atoms with Crippen molar-refractivity contribution in [2.75, 3.05) is 0 Å². The highest BCUT2D eigenvalue weighted by molar-refractivity contribution is 5.83. The van der Waals surface area contributed by atoms with E-state index in [-0.39, 0.29) is 0 Å². The zero-order valence-corrected chi connectivity index (χ0v) is 15.2. The van der Waals surface area contributed by atoms with Crippen LogP contribution in [0.25, 0.3) is 0 Å². The fraction of sp³-hybridized carbons (Fsp3) is 0.682. The predicted molar refractivity (Wildman–Crippen MR) is 98.7 cm³/mol. The fourth-order valence-corrected chi connectivity index (χ4v) is 3.91.